The molecule has 0 saturated heterocycles. The minimum absolute atomic E-state index is 0.177. The number of rotatable bonds is 4. The molecule has 2 rings (SSSR count). The van der Waals surface area contributed by atoms with Crippen molar-refractivity contribution >= 4 is 16.4 Å². The van der Waals surface area contributed by atoms with Crippen molar-refractivity contribution in [3.8, 4) is 0 Å². The molecule has 0 saturated carbocycles. The van der Waals surface area contributed by atoms with Crippen LogP contribution < -0.4 is 10.1 Å². The average molecular weight is 290 g/mol. The number of aromatic nitrogens is 1. The lowest BCUT2D eigenvalue weighted by molar-refractivity contribution is -0.646. The summed E-state index contributed by atoms with van der Waals surface area (Å²) < 4.78 is 29.2. The Morgan fingerprint density at radius 2 is 1.80 bits per heavy atom. The standard InChI is InChI=1S/C14H16N3O2S/c1-12-6-8-14(9-7-12)20(18,19)16-11-15-17-10-4-3-5-13(17)2/h3-11H,1-2H3,(H,15,16)/q+1. The number of sulfonamides is 1. The number of nitrogens with zero attached hydrogens (tertiary/aromatic N) is 2. The Morgan fingerprint density at radius 1 is 1.10 bits per heavy atom. The molecule has 0 spiro atoms. The van der Waals surface area contributed by atoms with Crippen LogP contribution in [0.3, 0.4) is 0 Å². The van der Waals surface area contributed by atoms with Gasteiger partial charge in [0.25, 0.3) is 10.0 Å². The molecule has 20 heavy (non-hydrogen) atoms. The number of pyridine rings is 1. The second-order valence-corrected chi connectivity index (χ2v) is 6.00. The lowest BCUT2D eigenvalue weighted by atomic mass is 10.2. The van der Waals surface area contributed by atoms with Crippen LogP contribution in [0.4, 0.5) is 0 Å². The van der Waals surface area contributed by atoms with Gasteiger partial charge in [0.15, 0.2) is 12.5 Å². The maximum Gasteiger partial charge on any atom is 0.283 e. The molecule has 0 fully saturated rings. The predicted molar refractivity (Wildman–Crippen MR) is 77.6 cm³/mol. The molecular weight excluding hydrogens is 274 g/mol. The maximum absolute atomic E-state index is 12.0. The highest BCUT2D eigenvalue weighted by molar-refractivity contribution is 7.90. The Balaban J connectivity index is 2.14. The number of hydrogen-bond acceptors (Lipinski definition) is 2. The maximum atomic E-state index is 12.0. The fraction of sp³-hybridized carbons (Fsp3) is 0.143. The van der Waals surface area contributed by atoms with E-state index in [1.54, 1.807) is 35.1 Å². The second-order valence-electron chi connectivity index (χ2n) is 4.36. The third-order valence-electron chi connectivity index (χ3n) is 2.77. The average Bonchev–Trinajstić information content (AvgIpc) is 2.41. The summed E-state index contributed by atoms with van der Waals surface area (Å²) in [6, 6.07) is 12.2. The molecule has 6 heteroatoms. The number of nitrogens with one attached hydrogen (secondary N) is 1. The lowest BCUT2D eigenvalue weighted by Gasteiger charge is -1.99. The van der Waals surface area contributed by atoms with Crippen LogP contribution in [0.5, 0.6) is 0 Å². The van der Waals surface area contributed by atoms with Crippen LogP contribution in [-0.2, 0) is 10.0 Å². The summed E-state index contributed by atoms with van der Waals surface area (Å²) in [6.45, 7) is 3.80. The molecule has 2 aromatic rings. The van der Waals surface area contributed by atoms with E-state index >= 15 is 0 Å². The van der Waals surface area contributed by atoms with Gasteiger partial charge in [0.1, 0.15) is 0 Å². The summed E-state index contributed by atoms with van der Waals surface area (Å²) in [4.78, 5) is 0.177. The summed E-state index contributed by atoms with van der Waals surface area (Å²) >= 11 is 0. The Labute approximate surface area is 118 Å². The molecular formula is C14H16N3O2S+. The molecule has 104 valence electrons. The highest BCUT2D eigenvalue weighted by atomic mass is 32.2. The van der Waals surface area contributed by atoms with Crippen molar-refractivity contribution in [3.05, 3.63) is 59.9 Å². The number of aryl methyl sites for hydroxylation is 2. The van der Waals surface area contributed by atoms with Gasteiger partial charge < -0.3 is 0 Å². The Bertz CT molecular complexity index is 722. The minimum atomic E-state index is -3.67. The van der Waals surface area contributed by atoms with Crippen LogP contribution in [0.2, 0.25) is 0 Å². The normalized spacial score (nSPS) is 11.7. The fourth-order valence-electron chi connectivity index (χ4n) is 1.60. The van der Waals surface area contributed by atoms with Crippen LogP contribution in [0.1, 0.15) is 11.3 Å². The van der Waals surface area contributed by atoms with Crippen molar-refractivity contribution < 1.29 is 13.1 Å². The van der Waals surface area contributed by atoms with E-state index in [4.69, 9.17) is 0 Å². The van der Waals surface area contributed by atoms with Crippen molar-refractivity contribution in [1.29, 1.82) is 0 Å². The summed E-state index contributed by atoms with van der Waals surface area (Å²) in [7, 11) is -3.67. The van der Waals surface area contributed by atoms with Gasteiger partial charge in [-0.15, -0.1) is 9.82 Å². The van der Waals surface area contributed by atoms with Crippen molar-refractivity contribution in [3.63, 3.8) is 0 Å². The molecule has 0 aliphatic carbocycles. The van der Waals surface area contributed by atoms with E-state index < -0.39 is 10.0 Å². The highest BCUT2D eigenvalue weighted by Gasteiger charge is 2.11. The Hall–Kier alpha value is -2.21. The molecule has 0 amide bonds. The van der Waals surface area contributed by atoms with Crippen LogP contribution >= 0.6 is 0 Å². The summed E-state index contributed by atoms with van der Waals surface area (Å²) in [5.74, 6) is 0. The zero-order valence-corrected chi connectivity index (χ0v) is 12.1. The van der Waals surface area contributed by atoms with Crippen LogP contribution in [0, 0.1) is 13.8 Å². The molecule has 1 heterocycles. The predicted octanol–water partition coefficient (Wildman–Crippen LogP) is 1.55. The smallest absolute Gasteiger partial charge is 0.199 e. The zero-order chi connectivity index (χ0) is 14.6. The molecule has 1 N–H and O–H groups in total. The van der Waals surface area contributed by atoms with Crippen molar-refractivity contribution in [1.82, 2.24) is 0 Å². The van der Waals surface area contributed by atoms with E-state index in [2.05, 4.69) is 9.82 Å². The van der Waals surface area contributed by atoms with Crippen LogP contribution in [0.15, 0.2) is 58.0 Å². The zero-order valence-electron chi connectivity index (χ0n) is 11.3. The van der Waals surface area contributed by atoms with E-state index in [-0.39, 0.29) is 4.90 Å². The molecule has 1 aromatic heterocycles. The van der Waals surface area contributed by atoms with Gasteiger partial charge in [-0.2, -0.15) is 8.42 Å². The first kappa shape index (κ1) is 14.2. The number of benzene rings is 1. The molecule has 0 unspecified atom stereocenters. The van der Waals surface area contributed by atoms with Gasteiger partial charge in [0, 0.05) is 19.1 Å². The Morgan fingerprint density at radius 3 is 2.45 bits per heavy atom. The first-order valence-electron chi connectivity index (χ1n) is 6.08. The Kier molecular flexibility index (Phi) is 4.14. The third kappa shape index (κ3) is 3.42. The van der Waals surface area contributed by atoms with Crippen LogP contribution in [-0.4, -0.2) is 14.8 Å². The van der Waals surface area contributed by atoms with Gasteiger partial charge in [-0.25, -0.2) is 0 Å². The van der Waals surface area contributed by atoms with E-state index in [1.165, 1.54) is 6.34 Å². The van der Waals surface area contributed by atoms with Gasteiger partial charge in [0.05, 0.1) is 4.90 Å². The monoisotopic (exact) mass is 290 g/mol. The van der Waals surface area contributed by atoms with Gasteiger partial charge in [0.2, 0.25) is 5.69 Å². The van der Waals surface area contributed by atoms with E-state index in [0.29, 0.717) is 0 Å². The van der Waals surface area contributed by atoms with Crippen molar-refractivity contribution in [2.75, 3.05) is 5.43 Å². The third-order valence-corrected chi connectivity index (χ3v) is 4.02. The summed E-state index contributed by atoms with van der Waals surface area (Å²) in [5.41, 5.74) is 4.73. The molecule has 0 aliphatic rings. The molecule has 5 nitrogen and oxygen atoms in total. The molecule has 0 atom stereocenters. The van der Waals surface area contributed by atoms with Gasteiger partial charge in [-0.3, -0.25) is 0 Å². The molecule has 0 bridgehead atoms. The number of hydrogen-bond donors (Lipinski definition) is 1. The minimum Gasteiger partial charge on any atom is -0.199 e. The highest BCUT2D eigenvalue weighted by Crippen LogP contribution is 2.12. The fourth-order valence-corrected chi connectivity index (χ4v) is 2.39. The van der Waals surface area contributed by atoms with E-state index in [1.807, 2.05) is 32.0 Å². The summed E-state index contributed by atoms with van der Waals surface area (Å²) in [5, 5.41) is 0. The molecule has 0 aliphatic heterocycles. The second kappa shape index (κ2) is 5.83. The van der Waals surface area contributed by atoms with Gasteiger partial charge in [-0.1, -0.05) is 22.4 Å². The van der Waals surface area contributed by atoms with E-state index in [0.717, 1.165) is 11.3 Å². The van der Waals surface area contributed by atoms with Crippen LogP contribution in [0.25, 0.3) is 0 Å². The lowest BCUT2D eigenvalue weighted by Crippen LogP contribution is -2.46. The first-order valence-corrected chi connectivity index (χ1v) is 7.52. The summed E-state index contributed by atoms with van der Waals surface area (Å²) in [6.07, 6.45) is 2.95. The van der Waals surface area contributed by atoms with E-state index in [9.17, 15) is 8.42 Å². The quantitative estimate of drug-likeness (QED) is 0.528. The molecule has 0 radical (unpaired) electrons. The van der Waals surface area contributed by atoms with Gasteiger partial charge >= 0.3 is 0 Å². The van der Waals surface area contributed by atoms with Crippen molar-refractivity contribution in [2.24, 2.45) is 4.40 Å². The van der Waals surface area contributed by atoms with Gasteiger partial charge in [-0.05, 0) is 25.1 Å². The largest absolute Gasteiger partial charge is 0.283 e. The SMILES string of the molecule is Cc1ccc(S(=O)(=O)N=CN[n+]2ccccc2C)cc1. The van der Waals surface area contributed by atoms with Crippen molar-refractivity contribution in [2.45, 2.75) is 18.7 Å². The molecule has 1 aromatic carbocycles. The first-order chi connectivity index (χ1) is 9.49. The topological polar surface area (TPSA) is 62.4 Å².